The first kappa shape index (κ1) is 19.0. The average molecular weight is 383 g/mol. The van der Waals surface area contributed by atoms with Crippen molar-refractivity contribution >= 4 is 23.4 Å². The number of benzene rings is 2. The second-order valence-electron chi connectivity index (χ2n) is 5.95. The van der Waals surface area contributed by atoms with Crippen LogP contribution in [0.25, 0.3) is 0 Å². The molecule has 0 spiro atoms. The third-order valence-corrected chi connectivity index (χ3v) is 4.59. The number of nitrogens with zero attached hydrogens (tertiary/aromatic N) is 2. The SMILES string of the molecule is CCc1ccc(NC(=O)CSc2nnc(COc3cccc(C)c3)o2)cc1. The minimum atomic E-state index is -0.125. The molecule has 0 fully saturated rings. The third kappa shape index (κ3) is 5.86. The Kier molecular flexibility index (Phi) is 6.49. The van der Waals surface area contributed by atoms with Crippen molar-refractivity contribution in [2.45, 2.75) is 32.1 Å². The minimum Gasteiger partial charge on any atom is -0.484 e. The molecule has 0 bridgehead atoms. The number of aryl methyl sites for hydroxylation is 2. The van der Waals surface area contributed by atoms with Crippen LogP contribution in [0.4, 0.5) is 5.69 Å². The lowest BCUT2D eigenvalue weighted by molar-refractivity contribution is -0.113. The number of amides is 1. The van der Waals surface area contributed by atoms with E-state index in [1.165, 1.54) is 17.3 Å². The standard InChI is InChI=1S/C20H21N3O3S/c1-3-15-7-9-16(10-8-15)21-18(24)13-27-20-23-22-19(26-20)12-25-17-6-4-5-14(2)11-17/h4-11H,3,12-13H2,1-2H3,(H,21,24). The van der Waals surface area contributed by atoms with Gasteiger partial charge in [0.1, 0.15) is 5.75 Å². The van der Waals surface area contributed by atoms with E-state index in [2.05, 4.69) is 22.4 Å². The molecule has 1 amide bonds. The second-order valence-corrected chi connectivity index (χ2v) is 6.88. The lowest BCUT2D eigenvalue weighted by Crippen LogP contribution is -2.13. The van der Waals surface area contributed by atoms with Gasteiger partial charge in [0, 0.05) is 5.69 Å². The van der Waals surface area contributed by atoms with Gasteiger partial charge in [0.05, 0.1) is 5.75 Å². The van der Waals surface area contributed by atoms with Crippen molar-refractivity contribution in [1.29, 1.82) is 0 Å². The van der Waals surface area contributed by atoms with Crippen molar-refractivity contribution in [3.05, 3.63) is 65.5 Å². The second kappa shape index (κ2) is 9.23. The number of rotatable bonds is 8. The number of nitrogens with one attached hydrogen (secondary N) is 1. The monoisotopic (exact) mass is 383 g/mol. The first-order valence-electron chi connectivity index (χ1n) is 8.66. The number of anilines is 1. The first-order valence-corrected chi connectivity index (χ1v) is 9.64. The maximum absolute atomic E-state index is 12.0. The zero-order chi connectivity index (χ0) is 19.1. The number of ether oxygens (including phenoxy) is 1. The quantitative estimate of drug-likeness (QED) is 0.586. The van der Waals surface area contributed by atoms with E-state index in [4.69, 9.17) is 9.15 Å². The molecule has 0 saturated carbocycles. The van der Waals surface area contributed by atoms with Gasteiger partial charge in [0.2, 0.25) is 5.91 Å². The fourth-order valence-corrected chi connectivity index (χ4v) is 2.93. The van der Waals surface area contributed by atoms with Gasteiger partial charge in [-0.2, -0.15) is 0 Å². The zero-order valence-electron chi connectivity index (χ0n) is 15.3. The Hall–Kier alpha value is -2.80. The van der Waals surface area contributed by atoms with Gasteiger partial charge in [-0.3, -0.25) is 4.79 Å². The number of carbonyl (C=O) groups is 1. The summed E-state index contributed by atoms with van der Waals surface area (Å²) < 4.78 is 11.1. The lowest BCUT2D eigenvalue weighted by Gasteiger charge is -2.05. The summed E-state index contributed by atoms with van der Waals surface area (Å²) in [4.78, 5) is 12.0. The molecule has 140 valence electrons. The Morgan fingerprint density at radius 3 is 2.74 bits per heavy atom. The molecule has 7 heteroatoms. The summed E-state index contributed by atoms with van der Waals surface area (Å²) in [5.74, 6) is 1.18. The highest BCUT2D eigenvalue weighted by Crippen LogP contribution is 2.19. The van der Waals surface area contributed by atoms with Crippen LogP contribution in [0.5, 0.6) is 5.75 Å². The van der Waals surface area contributed by atoms with E-state index in [1.807, 2.05) is 55.5 Å². The molecule has 3 rings (SSSR count). The molecule has 1 heterocycles. The smallest absolute Gasteiger partial charge is 0.277 e. The summed E-state index contributed by atoms with van der Waals surface area (Å²) in [6.45, 7) is 4.28. The van der Waals surface area contributed by atoms with Crippen LogP contribution in [-0.2, 0) is 17.8 Å². The summed E-state index contributed by atoms with van der Waals surface area (Å²) in [5.41, 5.74) is 3.12. The van der Waals surface area contributed by atoms with E-state index in [-0.39, 0.29) is 18.3 Å². The van der Waals surface area contributed by atoms with Crippen LogP contribution in [0.2, 0.25) is 0 Å². The predicted molar refractivity (Wildman–Crippen MR) is 105 cm³/mol. The molecule has 0 aliphatic carbocycles. The Morgan fingerprint density at radius 1 is 1.19 bits per heavy atom. The first-order chi connectivity index (χ1) is 13.1. The van der Waals surface area contributed by atoms with E-state index in [0.29, 0.717) is 11.1 Å². The van der Waals surface area contributed by atoms with Crippen molar-refractivity contribution in [2.24, 2.45) is 0 Å². The summed E-state index contributed by atoms with van der Waals surface area (Å²) in [5, 5.41) is 11.1. The normalized spacial score (nSPS) is 10.6. The van der Waals surface area contributed by atoms with E-state index < -0.39 is 0 Å². The van der Waals surface area contributed by atoms with Crippen LogP contribution in [0, 0.1) is 6.92 Å². The molecular weight excluding hydrogens is 362 g/mol. The highest BCUT2D eigenvalue weighted by molar-refractivity contribution is 7.99. The van der Waals surface area contributed by atoms with Gasteiger partial charge in [0.15, 0.2) is 6.61 Å². The summed E-state index contributed by atoms with van der Waals surface area (Å²) >= 11 is 1.19. The maximum Gasteiger partial charge on any atom is 0.277 e. The van der Waals surface area contributed by atoms with Crippen molar-refractivity contribution < 1.29 is 13.9 Å². The fraction of sp³-hybridized carbons (Fsp3) is 0.250. The average Bonchev–Trinajstić information content (AvgIpc) is 3.13. The zero-order valence-corrected chi connectivity index (χ0v) is 16.1. The largest absolute Gasteiger partial charge is 0.484 e. The summed E-state index contributed by atoms with van der Waals surface area (Å²) in [6.07, 6.45) is 0.969. The van der Waals surface area contributed by atoms with Crippen LogP contribution in [0.15, 0.2) is 58.2 Å². The molecule has 0 atom stereocenters. The summed E-state index contributed by atoms with van der Waals surface area (Å²) in [6, 6.07) is 15.5. The highest BCUT2D eigenvalue weighted by atomic mass is 32.2. The van der Waals surface area contributed by atoms with Crippen molar-refractivity contribution in [3.63, 3.8) is 0 Å². The Balaban J connectivity index is 1.45. The molecule has 2 aromatic carbocycles. The molecule has 0 radical (unpaired) electrons. The van der Waals surface area contributed by atoms with Crippen molar-refractivity contribution in [1.82, 2.24) is 10.2 Å². The highest BCUT2D eigenvalue weighted by Gasteiger charge is 2.10. The molecule has 3 aromatic rings. The van der Waals surface area contributed by atoms with Gasteiger partial charge in [-0.05, 0) is 48.7 Å². The van der Waals surface area contributed by atoms with E-state index in [1.54, 1.807) is 0 Å². The number of hydrogen-bond acceptors (Lipinski definition) is 6. The van der Waals surface area contributed by atoms with E-state index in [9.17, 15) is 4.79 Å². The predicted octanol–water partition coefficient (Wildman–Crippen LogP) is 4.25. The molecule has 0 saturated heterocycles. The molecule has 6 nitrogen and oxygen atoms in total. The van der Waals surface area contributed by atoms with Crippen LogP contribution in [-0.4, -0.2) is 21.9 Å². The van der Waals surface area contributed by atoms with Crippen molar-refractivity contribution in [2.75, 3.05) is 11.1 Å². The van der Waals surface area contributed by atoms with Gasteiger partial charge >= 0.3 is 0 Å². The van der Waals surface area contributed by atoms with Crippen LogP contribution >= 0.6 is 11.8 Å². The topological polar surface area (TPSA) is 77.2 Å². The van der Waals surface area contributed by atoms with Gasteiger partial charge in [-0.25, -0.2) is 0 Å². The number of thioether (sulfide) groups is 1. The van der Waals surface area contributed by atoms with Crippen molar-refractivity contribution in [3.8, 4) is 5.75 Å². The summed E-state index contributed by atoms with van der Waals surface area (Å²) in [7, 11) is 0. The molecule has 0 unspecified atom stereocenters. The lowest BCUT2D eigenvalue weighted by atomic mass is 10.1. The van der Waals surface area contributed by atoms with E-state index >= 15 is 0 Å². The molecule has 0 aliphatic rings. The number of hydrogen-bond donors (Lipinski definition) is 1. The maximum atomic E-state index is 12.0. The Bertz CT molecular complexity index is 893. The van der Waals surface area contributed by atoms with Gasteiger partial charge in [-0.15, -0.1) is 10.2 Å². The van der Waals surface area contributed by atoms with Crippen LogP contribution < -0.4 is 10.1 Å². The van der Waals surface area contributed by atoms with Crippen LogP contribution in [0.1, 0.15) is 23.9 Å². The number of aromatic nitrogens is 2. The minimum absolute atomic E-state index is 0.125. The fourth-order valence-electron chi connectivity index (χ4n) is 2.35. The molecule has 1 aromatic heterocycles. The van der Waals surface area contributed by atoms with Crippen LogP contribution in [0.3, 0.4) is 0 Å². The Morgan fingerprint density at radius 2 is 2.00 bits per heavy atom. The van der Waals surface area contributed by atoms with Gasteiger partial charge in [-0.1, -0.05) is 43.0 Å². The van der Waals surface area contributed by atoms with E-state index in [0.717, 1.165) is 23.4 Å². The molecule has 0 aliphatic heterocycles. The Labute approximate surface area is 162 Å². The molecule has 1 N–H and O–H groups in total. The third-order valence-electron chi connectivity index (χ3n) is 3.77. The van der Waals surface area contributed by atoms with Gasteiger partial charge < -0.3 is 14.5 Å². The molecular formula is C20H21N3O3S. The van der Waals surface area contributed by atoms with Gasteiger partial charge in [0.25, 0.3) is 11.1 Å². The molecule has 27 heavy (non-hydrogen) atoms. The number of carbonyl (C=O) groups excluding carboxylic acids is 1.